The van der Waals surface area contributed by atoms with Gasteiger partial charge in [-0.25, -0.2) is 8.42 Å². The Labute approximate surface area is 54.3 Å². The van der Waals surface area contributed by atoms with Gasteiger partial charge < -0.3 is 0 Å². The van der Waals surface area contributed by atoms with Crippen LogP contribution in [-0.4, -0.2) is 20.6 Å². The number of hydrogen-bond acceptors (Lipinski definition) is 3. The topological polar surface area (TPSA) is 65.3 Å². The minimum atomic E-state index is -3.46. The minimum Gasteiger partial charge on any atom is -0.272 e. The normalized spacial score (nSPS) is 10.9. The summed E-state index contributed by atoms with van der Waals surface area (Å²) in [7, 11) is -3.46. The van der Waals surface area contributed by atoms with Crippen LogP contribution in [0, 0.1) is 0 Å². The van der Waals surface area contributed by atoms with Gasteiger partial charge in [0.15, 0.2) is 0 Å². The molecule has 0 aromatic heterocycles. The molecule has 5 heteroatoms. The zero-order chi connectivity index (χ0) is 7.49. The molecule has 0 unspecified atom stereocenters. The SMILES string of the molecule is CCC(=O)[N]S(C)(=O)=O. The molecular weight excluding hydrogens is 142 g/mol. The number of sulfonamides is 1. The lowest BCUT2D eigenvalue weighted by molar-refractivity contribution is -0.119. The van der Waals surface area contributed by atoms with E-state index in [0.717, 1.165) is 6.26 Å². The van der Waals surface area contributed by atoms with Crippen LogP contribution in [0.4, 0.5) is 0 Å². The summed E-state index contributed by atoms with van der Waals surface area (Å²) >= 11 is 0. The van der Waals surface area contributed by atoms with Gasteiger partial charge in [0.25, 0.3) is 15.9 Å². The van der Waals surface area contributed by atoms with Gasteiger partial charge in [-0.3, -0.25) is 4.79 Å². The number of nitrogens with zero attached hydrogens (tertiary/aromatic N) is 1. The Kier molecular flexibility index (Phi) is 2.64. The van der Waals surface area contributed by atoms with Gasteiger partial charge in [-0.15, -0.1) is 4.72 Å². The van der Waals surface area contributed by atoms with Crippen molar-refractivity contribution in [1.29, 1.82) is 0 Å². The third-order valence-corrected chi connectivity index (χ3v) is 1.11. The van der Waals surface area contributed by atoms with Gasteiger partial charge in [0, 0.05) is 6.42 Å². The molecule has 0 spiro atoms. The first-order chi connectivity index (χ1) is 3.95. The van der Waals surface area contributed by atoms with Crippen molar-refractivity contribution in [3.8, 4) is 0 Å². The first-order valence-corrected chi connectivity index (χ1v) is 4.26. The highest BCUT2D eigenvalue weighted by Gasteiger charge is 2.07. The highest BCUT2D eigenvalue weighted by Crippen LogP contribution is 1.82. The lowest BCUT2D eigenvalue weighted by Crippen LogP contribution is -2.20. The van der Waals surface area contributed by atoms with Crippen LogP contribution in [0.15, 0.2) is 0 Å². The number of carbonyl (C=O) groups is 1. The molecule has 0 heterocycles. The minimum absolute atomic E-state index is 0.132. The number of amides is 1. The van der Waals surface area contributed by atoms with Crippen LogP contribution in [0.1, 0.15) is 13.3 Å². The van der Waals surface area contributed by atoms with E-state index in [-0.39, 0.29) is 6.42 Å². The highest BCUT2D eigenvalue weighted by atomic mass is 32.2. The third-order valence-electron chi connectivity index (χ3n) is 0.570. The smallest absolute Gasteiger partial charge is 0.256 e. The first kappa shape index (κ1) is 8.42. The summed E-state index contributed by atoms with van der Waals surface area (Å²) in [5, 5.41) is 0. The van der Waals surface area contributed by atoms with Crippen molar-refractivity contribution in [1.82, 2.24) is 4.72 Å². The van der Waals surface area contributed by atoms with Gasteiger partial charge in [-0.2, -0.15) is 0 Å². The molecule has 0 N–H and O–H groups in total. The molecule has 53 valence electrons. The Bertz CT molecular complexity index is 194. The molecule has 0 saturated carbocycles. The molecular formula is C4H8NO3S. The van der Waals surface area contributed by atoms with Crippen molar-refractivity contribution in [3.63, 3.8) is 0 Å². The lowest BCUT2D eigenvalue weighted by Gasteiger charge is -1.92. The third kappa shape index (κ3) is 5.29. The fraction of sp³-hybridized carbons (Fsp3) is 0.750. The van der Waals surface area contributed by atoms with Gasteiger partial charge in [0.1, 0.15) is 0 Å². The molecule has 9 heavy (non-hydrogen) atoms. The molecule has 0 aliphatic rings. The average molecular weight is 150 g/mol. The summed E-state index contributed by atoms with van der Waals surface area (Å²) in [4.78, 5) is 10.3. The van der Waals surface area contributed by atoms with E-state index in [1.807, 2.05) is 0 Å². The van der Waals surface area contributed by atoms with Gasteiger partial charge in [-0.1, -0.05) is 6.92 Å². The summed E-state index contributed by atoms with van der Waals surface area (Å²) in [6.07, 6.45) is 1.02. The van der Waals surface area contributed by atoms with E-state index in [0.29, 0.717) is 0 Å². The molecule has 1 amide bonds. The zero-order valence-corrected chi connectivity index (χ0v) is 6.10. The van der Waals surface area contributed by atoms with E-state index < -0.39 is 15.9 Å². The molecule has 0 aromatic carbocycles. The molecule has 0 saturated heterocycles. The van der Waals surface area contributed by atoms with Crippen LogP contribution in [-0.2, 0) is 14.8 Å². The molecule has 0 fully saturated rings. The Morgan fingerprint density at radius 2 is 2.00 bits per heavy atom. The molecule has 4 nitrogen and oxygen atoms in total. The Hall–Kier alpha value is -0.580. The summed E-state index contributed by atoms with van der Waals surface area (Å²) < 4.78 is 23.3. The summed E-state index contributed by atoms with van der Waals surface area (Å²) in [6.45, 7) is 1.55. The summed E-state index contributed by atoms with van der Waals surface area (Å²) in [6, 6.07) is 0. The number of carbonyl (C=O) groups excluding carboxylic acids is 1. The predicted molar refractivity (Wildman–Crippen MR) is 32.3 cm³/mol. The molecule has 0 bridgehead atoms. The van der Waals surface area contributed by atoms with Crippen LogP contribution in [0.3, 0.4) is 0 Å². The molecule has 0 aliphatic carbocycles. The highest BCUT2D eigenvalue weighted by molar-refractivity contribution is 7.89. The maximum absolute atomic E-state index is 10.3. The molecule has 1 radical (unpaired) electrons. The Morgan fingerprint density at radius 1 is 1.56 bits per heavy atom. The van der Waals surface area contributed by atoms with Crippen molar-refractivity contribution in [3.05, 3.63) is 0 Å². The summed E-state index contributed by atoms with van der Waals surface area (Å²) in [5.74, 6) is -0.600. The van der Waals surface area contributed by atoms with E-state index >= 15 is 0 Å². The quantitative estimate of drug-likeness (QED) is 0.532. The summed E-state index contributed by atoms with van der Waals surface area (Å²) in [5.41, 5.74) is 0. The maximum atomic E-state index is 10.3. The van der Waals surface area contributed by atoms with Crippen molar-refractivity contribution in [2.24, 2.45) is 0 Å². The second kappa shape index (κ2) is 2.82. The van der Waals surface area contributed by atoms with Gasteiger partial charge in [0.05, 0.1) is 6.26 Å². The standard InChI is InChI=1S/C4H8NO3S/c1-3-4(6)5-9(2,7)8/h3H2,1-2H3. The second-order valence-corrected chi connectivity index (χ2v) is 3.22. The van der Waals surface area contributed by atoms with Crippen molar-refractivity contribution in [2.45, 2.75) is 13.3 Å². The fourth-order valence-electron chi connectivity index (χ4n) is 0.250. The Balaban J connectivity index is 3.91. The van der Waals surface area contributed by atoms with Gasteiger partial charge >= 0.3 is 0 Å². The fourth-order valence-corrected chi connectivity index (χ4v) is 0.749. The van der Waals surface area contributed by atoms with E-state index in [2.05, 4.69) is 4.72 Å². The van der Waals surface area contributed by atoms with Crippen molar-refractivity contribution < 1.29 is 13.2 Å². The number of rotatable bonds is 2. The lowest BCUT2D eigenvalue weighted by atomic mass is 10.5. The van der Waals surface area contributed by atoms with Crippen LogP contribution >= 0.6 is 0 Å². The molecule has 0 aromatic rings. The van der Waals surface area contributed by atoms with Gasteiger partial charge in [0.2, 0.25) is 0 Å². The van der Waals surface area contributed by atoms with Crippen molar-refractivity contribution >= 4 is 15.9 Å². The zero-order valence-electron chi connectivity index (χ0n) is 5.29. The largest absolute Gasteiger partial charge is 0.272 e. The van der Waals surface area contributed by atoms with E-state index in [9.17, 15) is 13.2 Å². The van der Waals surface area contributed by atoms with Crippen LogP contribution in [0.25, 0.3) is 0 Å². The van der Waals surface area contributed by atoms with Crippen molar-refractivity contribution in [2.75, 3.05) is 6.26 Å². The van der Waals surface area contributed by atoms with E-state index in [4.69, 9.17) is 0 Å². The first-order valence-electron chi connectivity index (χ1n) is 2.41. The Morgan fingerprint density at radius 3 is 2.11 bits per heavy atom. The number of hydrogen-bond donors (Lipinski definition) is 0. The van der Waals surface area contributed by atoms with E-state index in [1.165, 1.54) is 0 Å². The second-order valence-electron chi connectivity index (χ2n) is 1.57. The molecule has 0 rings (SSSR count). The van der Waals surface area contributed by atoms with Gasteiger partial charge in [-0.05, 0) is 0 Å². The van der Waals surface area contributed by atoms with Crippen LogP contribution < -0.4 is 4.72 Å². The van der Waals surface area contributed by atoms with E-state index in [1.54, 1.807) is 6.92 Å². The maximum Gasteiger partial charge on any atom is 0.256 e. The van der Waals surface area contributed by atoms with Crippen LogP contribution in [0.2, 0.25) is 0 Å². The molecule has 0 atom stereocenters. The van der Waals surface area contributed by atoms with Crippen LogP contribution in [0.5, 0.6) is 0 Å². The predicted octanol–water partition coefficient (Wildman–Crippen LogP) is -0.513. The molecule has 0 aliphatic heterocycles. The monoisotopic (exact) mass is 150 g/mol. The average Bonchev–Trinajstić information content (AvgIpc) is 1.62.